The maximum absolute atomic E-state index is 12.7. The fraction of sp³-hybridized carbons (Fsp3) is 0.348. The summed E-state index contributed by atoms with van der Waals surface area (Å²) in [7, 11) is 0. The molecule has 6 nitrogen and oxygen atoms in total. The van der Waals surface area contributed by atoms with Gasteiger partial charge in [-0.05, 0) is 68.8 Å². The minimum Gasteiger partial charge on any atom is -0.459 e. The fourth-order valence-corrected chi connectivity index (χ4v) is 5.19. The number of carbonyl (C=O) groups excluding carboxylic acids is 1. The van der Waals surface area contributed by atoms with Crippen LogP contribution in [0.25, 0.3) is 0 Å². The second-order valence-electron chi connectivity index (χ2n) is 7.68. The van der Waals surface area contributed by atoms with Crippen LogP contribution in [0.3, 0.4) is 0 Å². The molecule has 0 saturated carbocycles. The lowest BCUT2D eigenvalue weighted by molar-refractivity contribution is 0.0996. The Bertz CT molecular complexity index is 1040. The minimum atomic E-state index is -0.230. The summed E-state index contributed by atoms with van der Waals surface area (Å²) < 4.78 is 16.4. The fourth-order valence-electron chi connectivity index (χ4n) is 4.25. The third kappa shape index (κ3) is 3.70. The molecule has 4 heterocycles. The Kier molecular flexibility index (Phi) is 5.23. The van der Waals surface area contributed by atoms with E-state index in [2.05, 4.69) is 35.3 Å². The van der Waals surface area contributed by atoms with Crippen LogP contribution in [0.1, 0.15) is 51.9 Å². The zero-order valence-electron chi connectivity index (χ0n) is 16.8. The lowest BCUT2D eigenvalue weighted by Crippen LogP contribution is -2.34. The molecule has 0 radical (unpaired) electrons. The van der Waals surface area contributed by atoms with Crippen LogP contribution in [-0.4, -0.2) is 30.7 Å². The van der Waals surface area contributed by atoms with Crippen LogP contribution in [0.5, 0.6) is 11.5 Å². The van der Waals surface area contributed by atoms with Gasteiger partial charge < -0.3 is 19.2 Å². The molecule has 3 aromatic rings. The van der Waals surface area contributed by atoms with Crippen molar-refractivity contribution in [2.24, 2.45) is 0 Å². The molecule has 156 valence electrons. The molecule has 0 aliphatic carbocycles. The summed E-state index contributed by atoms with van der Waals surface area (Å²) in [6.45, 7) is 4.39. The third-order valence-corrected chi connectivity index (χ3v) is 6.60. The average Bonchev–Trinajstić information content (AvgIpc) is 3.50. The maximum atomic E-state index is 12.7. The number of hydrogen-bond donors (Lipinski definition) is 1. The molecule has 1 saturated heterocycles. The monoisotopic (exact) mass is 424 g/mol. The molecular weight excluding hydrogens is 400 g/mol. The quantitative estimate of drug-likeness (QED) is 0.609. The van der Waals surface area contributed by atoms with E-state index in [0.29, 0.717) is 5.76 Å². The van der Waals surface area contributed by atoms with Crippen LogP contribution in [0.4, 0.5) is 5.00 Å². The van der Waals surface area contributed by atoms with Crippen molar-refractivity contribution in [2.45, 2.75) is 32.2 Å². The maximum Gasteiger partial charge on any atom is 0.291 e. The number of carbonyl (C=O) groups is 1. The molecule has 1 fully saturated rings. The molecule has 1 N–H and O–H groups in total. The lowest BCUT2D eigenvalue weighted by atomic mass is 9.95. The van der Waals surface area contributed by atoms with Crippen molar-refractivity contribution < 1.29 is 18.7 Å². The predicted molar refractivity (Wildman–Crippen MR) is 116 cm³/mol. The molecule has 5 rings (SSSR count). The smallest absolute Gasteiger partial charge is 0.291 e. The summed E-state index contributed by atoms with van der Waals surface area (Å²) in [5.74, 6) is 1.64. The zero-order chi connectivity index (χ0) is 20.5. The number of amides is 1. The number of fused-ring (bicyclic) bond motifs is 1. The van der Waals surface area contributed by atoms with E-state index in [1.54, 1.807) is 23.5 Å². The normalized spacial score (nSPS) is 17.1. The van der Waals surface area contributed by atoms with E-state index in [-0.39, 0.29) is 18.7 Å². The highest BCUT2D eigenvalue weighted by molar-refractivity contribution is 7.16. The van der Waals surface area contributed by atoms with Gasteiger partial charge in [0.1, 0.15) is 5.00 Å². The molecule has 2 aliphatic heterocycles. The molecule has 0 unspecified atom stereocenters. The number of nitrogens with zero attached hydrogens (tertiary/aromatic N) is 1. The van der Waals surface area contributed by atoms with E-state index >= 15 is 0 Å². The van der Waals surface area contributed by atoms with E-state index in [4.69, 9.17) is 13.9 Å². The van der Waals surface area contributed by atoms with Gasteiger partial charge in [0.15, 0.2) is 17.3 Å². The van der Waals surface area contributed by atoms with Gasteiger partial charge in [0.2, 0.25) is 6.79 Å². The standard InChI is InChI=1S/C23H24N2O4S/c1-15-12-17(23(30-15)24-22(26)19-6-5-11-27-19)21(25-9-3-2-4-10-25)16-7-8-18-20(13-16)29-14-28-18/h5-8,11-13,21H,2-4,9-10,14H2,1H3,(H,24,26)/t21-/m0/s1. The highest BCUT2D eigenvalue weighted by Crippen LogP contribution is 2.43. The van der Waals surface area contributed by atoms with E-state index in [9.17, 15) is 4.79 Å². The third-order valence-electron chi connectivity index (χ3n) is 5.62. The van der Waals surface area contributed by atoms with Gasteiger partial charge in [-0.1, -0.05) is 12.5 Å². The summed E-state index contributed by atoms with van der Waals surface area (Å²) in [6.07, 6.45) is 5.13. The summed E-state index contributed by atoms with van der Waals surface area (Å²) >= 11 is 1.60. The number of thiophene rings is 1. The van der Waals surface area contributed by atoms with Crippen LogP contribution in [0, 0.1) is 6.92 Å². The summed E-state index contributed by atoms with van der Waals surface area (Å²) in [5, 5.41) is 3.94. The first-order valence-corrected chi connectivity index (χ1v) is 11.1. The van der Waals surface area contributed by atoms with Gasteiger partial charge in [-0.25, -0.2) is 0 Å². The van der Waals surface area contributed by atoms with E-state index in [0.717, 1.165) is 45.6 Å². The number of furan rings is 1. The first kappa shape index (κ1) is 19.2. The number of ether oxygens (including phenoxy) is 2. The molecule has 1 atom stereocenters. The number of aryl methyl sites for hydroxylation is 1. The molecule has 0 bridgehead atoms. The van der Waals surface area contributed by atoms with Crippen LogP contribution in [0.2, 0.25) is 0 Å². The molecule has 2 aliphatic rings. The van der Waals surface area contributed by atoms with Crippen molar-refractivity contribution in [2.75, 3.05) is 25.2 Å². The van der Waals surface area contributed by atoms with Crippen LogP contribution < -0.4 is 14.8 Å². The SMILES string of the molecule is Cc1cc([C@H](c2ccc3c(c2)OCO3)N2CCCCC2)c(NC(=O)c2ccco2)s1. The van der Waals surface area contributed by atoms with E-state index < -0.39 is 0 Å². The number of piperidine rings is 1. The van der Waals surface area contributed by atoms with E-state index in [1.807, 2.05) is 6.07 Å². The summed E-state index contributed by atoms with van der Waals surface area (Å²) in [4.78, 5) is 16.3. The van der Waals surface area contributed by atoms with Crippen molar-refractivity contribution in [3.8, 4) is 11.5 Å². The van der Waals surface area contributed by atoms with Crippen molar-refractivity contribution in [1.29, 1.82) is 0 Å². The summed E-state index contributed by atoms with van der Waals surface area (Å²) in [6, 6.07) is 11.8. The number of benzene rings is 1. The molecule has 1 aromatic carbocycles. The number of anilines is 1. The van der Waals surface area contributed by atoms with Crippen LogP contribution >= 0.6 is 11.3 Å². The van der Waals surface area contributed by atoms with Gasteiger partial charge in [0, 0.05) is 10.4 Å². The Morgan fingerprint density at radius 2 is 1.93 bits per heavy atom. The highest BCUT2D eigenvalue weighted by atomic mass is 32.1. The van der Waals surface area contributed by atoms with Crippen LogP contribution in [0.15, 0.2) is 47.1 Å². The Balaban J connectivity index is 1.53. The largest absolute Gasteiger partial charge is 0.459 e. The average molecular weight is 425 g/mol. The van der Waals surface area contributed by atoms with Gasteiger partial charge >= 0.3 is 0 Å². The number of likely N-dealkylation sites (tertiary alicyclic amines) is 1. The first-order chi connectivity index (χ1) is 14.7. The van der Waals surface area contributed by atoms with Gasteiger partial charge in [0.05, 0.1) is 12.3 Å². The molecular formula is C23H24N2O4S. The van der Waals surface area contributed by atoms with Gasteiger partial charge in [-0.3, -0.25) is 9.69 Å². The lowest BCUT2D eigenvalue weighted by Gasteiger charge is -2.35. The van der Waals surface area contributed by atoms with Crippen molar-refractivity contribution in [3.63, 3.8) is 0 Å². The molecule has 30 heavy (non-hydrogen) atoms. The zero-order valence-corrected chi connectivity index (χ0v) is 17.7. The second-order valence-corrected chi connectivity index (χ2v) is 8.94. The van der Waals surface area contributed by atoms with Gasteiger partial charge in [0.25, 0.3) is 5.91 Å². The molecule has 1 amide bonds. The Morgan fingerprint density at radius 3 is 2.73 bits per heavy atom. The number of rotatable bonds is 5. The van der Waals surface area contributed by atoms with Crippen molar-refractivity contribution >= 4 is 22.2 Å². The topological polar surface area (TPSA) is 63.9 Å². The Hall–Kier alpha value is -2.77. The minimum absolute atomic E-state index is 0.0386. The Morgan fingerprint density at radius 1 is 1.10 bits per heavy atom. The molecule has 7 heteroatoms. The molecule has 0 spiro atoms. The summed E-state index contributed by atoms with van der Waals surface area (Å²) in [5.41, 5.74) is 2.26. The number of nitrogens with one attached hydrogen (secondary N) is 1. The highest BCUT2D eigenvalue weighted by Gasteiger charge is 2.29. The van der Waals surface area contributed by atoms with E-state index in [1.165, 1.54) is 25.5 Å². The second kappa shape index (κ2) is 8.16. The van der Waals surface area contributed by atoms with Crippen molar-refractivity contribution in [3.05, 3.63) is 64.4 Å². The molecule has 2 aromatic heterocycles. The van der Waals surface area contributed by atoms with Crippen molar-refractivity contribution in [1.82, 2.24) is 4.90 Å². The van der Waals surface area contributed by atoms with Crippen LogP contribution in [-0.2, 0) is 0 Å². The first-order valence-electron chi connectivity index (χ1n) is 10.3. The number of hydrogen-bond acceptors (Lipinski definition) is 6. The van der Waals surface area contributed by atoms with Gasteiger partial charge in [-0.2, -0.15) is 0 Å². The predicted octanol–water partition coefficient (Wildman–Crippen LogP) is 5.21. The van der Waals surface area contributed by atoms with Gasteiger partial charge in [-0.15, -0.1) is 11.3 Å². The Labute approximate surface area is 179 Å².